The molecule has 0 spiro atoms. The number of nitrogens with one attached hydrogen (secondary N) is 2. The number of nitrogens with zero attached hydrogens (tertiary/aromatic N) is 1. The van der Waals surface area contributed by atoms with E-state index in [0.717, 1.165) is 22.8 Å². The molecule has 1 heterocycles. The van der Waals surface area contributed by atoms with E-state index in [4.69, 9.17) is 11.1 Å². The first-order valence-corrected chi connectivity index (χ1v) is 6.75. The van der Waals surface area contributed by atoms with Crippen molar-refractivity contribution in [2.45, 2.75) is 18.3 Å². The summed E-state index contributed by atoms with van der Waals surface area (Å²) in [7, 11) is 0. The van der Waals surface area contributed by atoms with Gasteiger partial charge in [-0.15, -0.1) is 0 Å². The number of imidazole rings is 1. The molecule has 0 amide bonds. The summed E-state index contributed by atoms with van der Waals surface area (Å²) >= 11 is 0.908. The highest BCUT2D eigenvalue weighted by atomic mass is 32.2. The normalized spacial score (nSPS) is 13.6. The Kier molecular flexibility index (Phi) is 3.94. The van der Waals surface area contributed by atoms with Crippen LogP contribution in [0.5, 0.6) is 0 Å². The fourth-order valence-corrected chi connectivity index (χ4v) is 2.73. The van der Waals surface area contributed by atoms with E-state index in [1.54, 1.807) is 6.07 Å². The summed E-state index contributed by atoms with van der Waals surface area (Å²) in [5.74, 6) is -3.20. The molecular formula is C12H13F3N4S. The molecule has 8 heteroatoms. The smallest absolute Gasteiger partial charge is 0.387 e. The highest BCUT2D eigenvalue weighted by Crippen LogP contribution is 2.31. The molecule has 2 rings (SSSR count). The molecule has 0 aliphatic rings. The van der Waals surface area contributed by atoms with E-state index >= 15 is 0 Å². The summed E-state index contributed by atoms with van der Waals surface area (Å²) in [6.07, 6.45) is -4.51. The van der Waals surface area contributed by atoms with Crippen LogP contribution in [0.3, 0.4) is 0 Å². The lowest BCUT2D eigenvalue weighted by Gasteiger charge is -2.17. The summed E-state index contributed by atoms with van der Waals surface area (Å²) in [4.78, 5) is 7.15. The maximum Gasteiger partial charge on any atom is 0.399 e. The average molecular weight is 302 g/mol. The first-order valence-electron chi connectivity index (χ1n) is 5.77. The number of rotatable bonds is 4. The van der Waals surface area contributed by atoms with E-state index in [2.05, 4.69) is 9.97 Å². The second kappa shape index (κ2) is 5.35. The molecule has 0 aliphatic carbocycles. The minimum atomic E-state index is -4.51. The number of alkyl halides is 3. The van der Waals surface area contributed by atoms with Gasteiger partial charge in [-0.05, 0) is 24.6 Å². The van der Waals surface area contributed by atoms with Crippen LogP contribution < -0.4 is 5.73 Å². The first kappa shape index (κ1) is 14.7. The molecule has 0 aliphatic heterocycles. The Bertz CT molecular complexity index is 635. The lowest BCUT2D eigenvalue weighted by molar-refractivity contribution is -0.150. The second-order valence-corrected chi connectivity index (χ2v) is 5.43. The van der Waals surface area contributed by atoms with Crippen LogP contribution in [0.25, 0.3) is 11.0 Å². The number of fused-ring (bicyclic) bond motifs is 1. The quantitative estimate of drug-likeness (QED) is 0.461. The highest BCUT2D eigenvalue weighted by Gasteiger charge is 2.41. The third-order valence-electron chi connectivity index (χ3n) is 2.77. The fraction of sp³-hybridized carbons (Fsp3) is 0.333. The van der Waals surface area contributed by atoms with Gasteiger partial charge in [-0.3, -0.25) is 5.41 Å². The van der Waals surface area contributed by atoms with E-state index in [9.17, 15) is 13.2 Å². The van der Waals surface area contributed by atoms with Crippen LogP contribution in [0, 0.1) is 18.3 Å². The SMILES string of the molecule is Cc1ccc2nc(SCC(C(=N)N)C(F)(F)F)[nH]c2c1. The van der Waals surface area contributed by atoms with Gasteiger partial charge in [-0.1, -0.05) is 17.8 Å². The Labute approximate surface area is 117 Å². The number of halogens is 3. The van der Waals surface area contributed by atoms with Crippen molar-refractivity contribution in [1.82, 2.24) is 9.97 Å². The molecule has 1 unspecified atom stereocenters. The van der Waals surface area contributed by atoms with Crippen molar-refractivity contribution in [3.63, 3.8) is 0 Å². The average Bonchev–Trinajstić information content (AvgIpc) is 2.68. The van der Waals surface area contributed by atoms with Gasteiger partial charge >= 0.3 is 6.18 Å². The number of aryl methyl sites for hydroxylation is 1. The summed E-state index contributed by atoms with van der Waals surface area (Å²) in [5.41, 5.74) is 7.51. The molecule has 0 fully saturated rings. The number of thioether (sulfide) groups is 1. The van der Waals surface area contributed by atoms with E-state index in [1.165, 1.54) is 0 Å². The van der Waals surface area contributed by atoms with Gasteiger partial charge in [0.25, 0.3) is 0 Å². The van der Waals surface area contributed by atoms with Crippen molar-refractivity contribution >= 4 is 28.6 Å². The molecule has 20 heavy (non-hydrogen) atoms. The molecule has 1 aromatic carbocycles. The van der Waals surface area contributed by atoms with E-state index in [1.807, 2.05) is 19.1 Å². The minimum Gasteiger partial charge on any atom is -0.387 e. The first-order chi connectivity index (χ1) is 9.27. The van der Waals surface area contributed by atoms with Crippen molar-refractivity contribution in [3.8, 4) is 0 Å². The van der Waals surface area contributed by atoms with Crippen LogP contribution in [0.1, 0.15) is 5.56 Å². The number of amidine groups is 1. The summed E-state index contributed by atoms with van der Waals surface area (Å²) in [6, 6.07) is 5.56. The molecule has 0 radical (unpaired) electrons. The Morgan fingerprint density at radius 2 is 2.20 bits per heavy atom. The largest absolute Gasteiger partial charge is 0.399 e. The Morgan fingerprint density at radius 3 is 2.80 bits per heavy atom. The molecule has 1 aromatic heterocycles. The monoisotopic (exact) mass is 302 g/mol. The number of aromatic nitrogens is 2. The Balaban J connectivity index is 2.14. The van der Waals surface area contributed by atoms with Gasteiger partial charge in [0.05, 0.1) is 11.0 Å². The zero-order chi connectivity index (χ0) is 14.9. The number of aromatic amines is 1. The van der Waals surface area contributed by atoms with Crippen LogP contribution in [-0.4, -0.2) is 27.7 Å². The fourth-order valence-electron chi connectivity index (χ4n) is 1.69. The number of hydrogen-bond acceptors (Lipinski definition) is 3. The van der Waals surface area contributed by atoms with E-state index in [-0.39, 0.29) is 5.75 Å². The van der Waals surface area contributed by atoms with E-state index in [0.29, 0.717) is 10.7 Å². The summed E-state index contributed by atoms with van der Waals surface area (Å²) in [6.45, 7) is 1.92. The number of H-pyrrole nitrogens is 1. The van der Waals surface area contributed by atoms with Crippen LogP contribution in [0.15, 0.2) is 23.4 Å². The molecule has 108 valence electrons. The zero-order valence-corrected chi connectivity index (χ0v) is 11.4. The van der Waals surface area contributed by atoms with Crippen molar-refractivity contribution < 1.29 is 13.2 Å². The van der Waals surface area contributed by atoms with Crippen LogP contribution in [0.4, 0.5) is 13.2 Å². The van der Waals surface area contributed by atoms with Gasteiger partial charge in [-0.25, -0.2) is 4.98 Å². The summed E-state index contributed by atoms with van der Waals surface area (Å²) in [5, 5.41) is 7.41. The molecule has 0 saturated heterocycles. The van der Waals surface area contributed by atoms with Gasteiger partial charge in [-0.2, -0.15) is 13.2 Å². The van der Waals surface area contributed by atoms with Gasteiger partial charge in [0.15, 0.2) is 5.16 Å². The maximum absolute atomic E-state index is 12.7. The lowest BCUT2D eigenvalue weighted by atomic mass is 10.1. The standard InChI is InChI=1S/C12H13F3N4S/c1-6-2-3-8-9(4-6)19-11(18-8)20-5-7(10(16)17)12(13,14)15/h2-4,7H,5H2,1H3,(H3,16,17)(H,18,19). The van der Waals surface area contributed by atoms with Crippen LogP contribution >= 0.6 is 11.8 Å². The predicted octanol–water partition coefficient (Wildman–Crippen LogP) is 3.08. The maximum atomic E-state index is 12.7. The Morgan fingerprint density at radius 1 is 1.50 bits per heavy atom. The van der Waals surface area contributed by atoms with Gasteiger partial charge in [0.2, 0.25) is 0 Å². The van der Waals surface area contributed by atoms with Crippen LogP contribution in [-0.2, 0) is 0 Å². The predicted molar refractivity (Wildman–Crippen MR) is 73.0 cm³/mol. The molecule has 4 nitrogen and oxygen atoms in total. The third kappa shape index (κ3) is 3.24. The van der Waals surface area contributed by atoms with E-state index < -0.39 is 17.9 Å². The number of nitrogens with two attached hydrogens (primary N) is 1. The van der Waals surface area contributed by atoms with Gasteiger partial charge < -0.3 is 10.7 Å². The Hall–Kier alpha value is -1.70. The molecular weight excluding hydrogens is 289 g/mol. The number of benzene rings is 1. The molecule has 0 saturated carbocycles. The molecule has 4 N–H and O–H groups in total. The third-order valence-corrected chi connectivity index (χ3v) is 3.74. The van der Waals surface area contributed by atoms with Crippen LogP contribution in [0.2, 0.25) is 0 Å². The van der Waals surface area contributed by atoms with Gasteiger partial charge in [0.1, 0.15) is 11.8 Å². The number of hydrogen-bond donors (Lipinski definition) is 3. The summed E-state index contributed by atoms with van der Waals surface area (Å²) < 4.78 is 38.0. The van der Waals surface area contributed by atoms with Crippen molar-refractivity contribution in [2.24, 2.45) is 11.7 Å². The lowest BCUT2D eigenvalue weighted by Crippen LogP contribution is -2.37. The topological polar surface area (TPSA) is 78.6 Å². The highest BCUT2D eigenvalue weighted by molar-refractivity contribution is 7.99. The molecule has 1 atom stereocenters. The second-order valence-electron chi connectivity index (χ2n) is 4.42. The molecule has 2 aromatic rings. The zero-order valence-electron chi connectivity index (χ0n) is 10.6. The molecule has 0 bridgehead atoms. The van der Waals surface area contributed by atoms with Crippen molar-refractivity contribution in [1.29, 1.82) is 5.41 Å². The minimum absolute atomic E-state index is 0.363. The van der Waals surface area contributed by atoms with Gasteiger partial charge in [0, 0.05) is 5.75 Å². The van der Waals surface area contributed by atoms with Crippen molar-refractivity contribution in [2.75, 3.05) is 5.75 Å². The van der Waals surface area contributed by atoms with Crippen molar-refractivity contribution in [3.05, 3.63) is 23.8 Å².